The van der Waals surface area contributed by atoms with Crippen LogP contribution in [0.5, 0.6) is 0 Å². The highest BCUT2D eigenvalue weighted by Gasteiger charge is 2.29. The Balaban J connectivity index is 1.82. The van der Waals surface area contributed by atoms with Gasteiger partial charge in [-0.2, -0.15) is 0 Å². The van der Waals surface area contributed by atoms with Crippen molar-refractivity contribution < 1.29 is 4.79 Å². The van der Waals surface area contributed by atoms with E-state index in [1.807, 2.05) is 6.07 Å². The molecule has 0 saturated carbocycles. The van der Waals surface area contributed by atoms with Gasteiger partial charge in [0.05, 0.1) is 0 Å². The molecule has 0 bridgehead atoms. The van der Waals surface area contributed by atoms with E-state index >= 15 is 0 Å². The van der Waals surface area contributed by atoms with Crippen molar-refractivity contribution in [1.29, 1.82) is 0 Å². The molecule has 74 valence electrons. The molecule has 0 aromatic heterocycles. The van der Waals surface area contributed by atoms with Crippen molar-refractivity contribution in [3.8, 4) is 0 Å². The van der Waals surface area contributed by atoms with Crippen molar-refractivity contribution in [2.45, 2.75) is 13.5 Å². The Labute approximate surface area is 84.5 Å². The van der Waals surface area contributed by atoms with Crippen LogP contribution in [0.2, 0.25) is 0 Å². The number of Topliss-reactive ketones (excluding diaryl/α,β-unsaturated/α-hetero) is 1. The zero-order chi connectivity index (χ0) is 9.97. The number of nitrogens with zero attached hydrogens (tertiary/aromatic N) is 1. The van der Waals surface area contributed by atoms with E-state index in [1.165, 1.54) is 5.56 Å². The Morgan fingerprint density at radius 1 is 1.36 bits per heavy atom. The summed E-state index contributed by atoms with van der Waals surface area (Å²) in [6.07, 6.45) is 0. The largest absolute Gasteiger partial charge is 0.300 e. The fourth-order valence-corrected chi connectivity index (χ4v) is 1.80. The van der Waals surface area contributed by atoms with E-state index in [0.29, 0.717) is 11.7 Å². The van der Waals surface area contributed by atoms with Crippen molar-refractivity contribution in [2.75, 3.05) is 13.1 Å². The molecule has 14 heavy (non-hydrogen) atoms. The van der Waals surface area contributed by atoms with Crippen LogP contribution in [0.25, 0.3) is 0 Å². The average molecular weight is 189 g/mol. The second kappa shape index (κ2) is 3.93. The van der Waals surface area contributed by atoms with E-state index in [4.69, 9.17) is 0 Å². The van der Waals surface area contributed by atoms with Crippen LogP contribution in [0.1, 0.15) is 12.5 Å². The van der Waals surface area contributed by atoms with E-state index in [9.17, 15) is 4.79 Å². The van der Waals surface area contributed by atoms with Crippen LogP contribution in [-0.4, -0.2) is 23.8 Å². The molecule has 2 rings (SSSR count). The standard InChI is InChI=1S/C12H15NO/c1-10(14)12-8-13(9-12)7-11-5-3-2-4-6-11/h2-6,12H,7-9H2,1H3. The maximum Gasteiger partial charge on any atom is 0.135 e. The summed E-state index contributed by atoms with van der Waals surface area (Å²) in [5, 5.41) is 0. The van der Waals surface area contributed by atoms with Gasteiger partial charge >= 0.3 is 0 Å². The van der Waals surface area contributed by atoms with Crippen LogP contribution >= 0.6 is 0 Å². The lowest BCUT2D eigenvalue weighted by molar-refractivity contribution is -0.126. The quantitative estimate of drug-likeness (QED) is 0.721. The van der Waals surface area contributed by atoms with Gasteiger partial charge < -0.3 is 0 Å². The number of carbonyl (C=O) groups excluding carboxylic acids is 1. The summed E-state index contributed by atoms with van der Waals surface area (Å²) in [7, 11) is 0. The molecule has 0 unspecified atom stereocenters. The number of rotatable bonds is 3. The van der Waals surface area contributed by atoms with Gasteiger partial charge in [0.15, 0.2) is 0 Å². The molecule has 1 aromatic rings. The SMILES string of the molecule is CC(=O)C1CN(Cc2ccccc2)C1. The third kappa shape index (κ3) is 2.02. The fraction of sp³-hybridized carbons (Fsp3) is 0.417. The number of likely N-dealkylation sites (tertiary alicyclic amines) is 1. The van der Waals surface area contributed by atoms with Crippen LogP contribution < -0.4 is 0 Å². The number of benzene rings is 1. The first-order chi connectivity index (χ1) is 6.75. The van der Waals surface area contributed by atoms with E-state index < -0.39 is 0 Å². The molecule has 1 aromatic carbocycles. The molecule has 1 saturated heterocycles. The molecule has 0 spiro atoms. The molecule has 1 fully saturated rings. The molecule has 1 aliphatic heterocycles. The predicted octanol–water partition coefficient (Wildman–Crippen LogP) is 1.71. The second-order valence-electron chi connectivity index (χ2n) is 3.99. The Morgan fingerprint density at radius 2 is 2.00 bits per heavy atom. The van der Waals surface area contributed by atoms with Gasteiger partial charge in [-0.25, -0.2) is 0 Å². The molecule has 2 heteroatoms. The molecule has 2 nitrogen and oxygen atoms in total. The fourth-order valence-electron chi connectivity index (χ4n) is 1.80. The zero-order valence-electron chi connectivity index (χ0n) is 8.44. The monoisotopic (exact) mass is 189 g/mol. The number of ketones is 1. The van der Waals surface area contributed by atoms with Crippen LogP contribution in [0, 0.1) is 5.92 Å². The Morgan fingerprint density at radius 3 is 2.57 bits per heavy atom. The van der Waals surface area contributed by atoms with Crippen molar-refractivity contribution in [3.63, 3.8) is 0 Å². The minimum absolute atomic E-state index is 0.290. The van der Waals surface area contributed by atoms with E-state index in [2.05, 4.69) is 29.2 Å². The minimum atomic E-state index is 0.290. The predicted molar refractivity (Wildman–Crippen MR) is 55.9 cm³/mol. The van der Waals surface area contributed by atoms with Gasteiger partial charge in [0.2, 0.25) is 0 Å². The highest BCUT2D eigenvalue weighted by Crippen LogP contribution is 2.18. The van der Waals surface area contributed by atoms with Gasteiger partial charge in [-0.05, 0) is 12.5 Å². The van der Waals surface area contributed by atoms with Crippen molar-refractivity contribution in [1.82, 2.24) is 4.90 Å². The summed E-state index contributed by atoms with van der Waals surface area (Å²) in [6.45, 7) is 4.53. The molecule has 0 N–H and O–H groups in total. The summed E-state index contributed by atoms with van der Waals surface area (Å²) in [5.41, 5.74) is 1.33. The summed E-state index contributed by atoms with van der Waals surface area (Å²) in [6, 6.07) is 10.4. The molecule has 1 heterocycles. The van der Waals surface area contributed by atoms with Crippen LogP contribution in [0.3, 0.4) is 0 Å². The summed E-state index contributed by atoms with van der Waals surface area (Å²) >= 11 is 0. The Hall–Kier alpha value is -1.15. The summed E-state index contributed by atoms with van der Waals surface area (Å²) in [4.78, 5) is 13.3. The third-order valence-electron chi connectivity index (χ3n) is 2.78. The molecule has 1 aliphatic rings. The normalized spacial score (nSPS) is 17.8. The zero-order valence-corrected chi connectivity index (χ0v) is 8.44. The molecule has 0 atom stereocenters. The topological polar surface area (TPSA) is 20.3 Å². The lowest BCUT2D eigenvalue weighted by Crippen LogP contribution is -2.48. The van der Waals surface area contributed by atoms with Crippen LogP contribution in [0.15, 0.2) is 30.3 Å². The molecular weight excluding hydrogens is 174 g/mol. The van der Waals surface area contributed by atoms with Gasteiger partial charge in [0.25, 0.3) is 0 Å². The minimum Gasteiger partial charge on any atom is -0.300 e. The van der Waals surface area contributed by atoms with Crippen molar-refractivity contribution in [3.05, 3.63) is 35.9 Å². The van der Waals surface area contributed by atoms with Crippen LogP contribution in [-0.2, 0) is 11.3 Å². The van der Waals surface area contributed by atoms with Gasteiger partial charge in [0.1, 0.15) is 5.78 Å². The molecular formula is C12H15NO. The maximum absolute atomic E-state index is 11.0. The van der Waals surface area contributed by atoms with Gasteiger partial charge in [-0.15, -0.1) is 0 Å². The first-order valence-corrected chi connectivity index (χ1v) is 5.02. The number of hydrogen-bond acceptors (Lipinski definition) is 2. The second-order valence-corrected chi connectivity index (χ2v) is 3.99. The van der Waals surface area contributed by atoms with Crippen molar-refractivity contribution in [2.24, 2.45) is 5.92 Å². The lowest BCUT2D eigenvalue weighted by atomic mass is 9.95. The average Bonchev–Trinajstić information content (AvgIpc) is 2.12. The van der Waals surface area contributed by atoms with Gasteiger partial charge in [-0.3, -0.25) is 9.69 Å². The summed E-state index contributed by atoms with van der Waals surface area (Å²) < 4.78 is 0. The summed E-state index contributed by atoms with van der Waals surface area (Å²) in [5.74, 6) is 0.619. The van der Waals surface area contributed by atoms with E-state index in [1.54, 1.807) is 6.92 Å². The first-order valence-electron chi connectivity index (χ1n) is 5.02. The Bertz CT molecular complexity index is 314. The highest BCUT2D eigenvalue weighted by atomic mass is 16.1. The molecule has 0 aliphatic carbocycles. The third-order valence-corrected chi connectivity index (χ3v) is 2.78. The van der Waals surface area contributed by atoms with Crippen LogP contribution in [0.4, 0.5) is 0 Å². The smallest absolute Gasteiger partial charge is 0.135 e. The molecule has 0 radical (unpaired) electrons. The maximum atomic E-state index is 11.0. The van der Waals surface area contributed by atoms with Crippen molar-refractivity contribution >= 4 is 5.78 Å². The van der Waals surface area contributed by atoms with E-state index in [-0.39, 0.29) is 0 Å². The lowest BCUT2D eigenvalue weighted by Gasteiger charge is -2.37. The number of carbonyl (C=O) groups is 1. The molecule has 0 amide bonds. The Kier molecular flexibility index (Phi) is 2.64. The first kappa shape index (κ1) is 9.41. The highest BCUT2D eigenvalue weighted by molar-refractivity contribution is 5.79. The number of hydrogen-bond donors (Lipinski definition) is 0. The van der Waals surface area contributed by atoms with Gasteiger partial charge in [-0.1, -0.05) is 30.3 Å². The van der Waals surface area contributed by atoms with E-state index in [0.717, 1.165) is 19.6 Å². The van der Waals surface area contributed by atoms with Gasteiger partial charge in [0, 0.05) is 25.6 Å².